The van der Waals surface area contributed by atoms with Crippen molar-refractivity contribution in [3.8, 4) is 0 Å². The van der Waals surface area contributed by atoms with Crippen molar-refractivity contribution in [3.05, 3.63) is 29.8 Å². The first-order chi connectivity index (χ1) is 12.3. The Morgan fingerprint density at radius 3 is 2.48 bits per heavy atom. The summed E-state index contributed by atoms with van der Waals surface area (Å²) in [5.41, 5.74) is 3.20. The molecule has 3 aliphatic rings. The van der Waals surface area contributed by atoms with Crippen LogP contribution >= 0.6 is 0 Å². The molecular formula is C20H30N4O. The number of hydrogen-bond acceptors (Lipinski definition) is 3. The molecule has 136 valence electrons. The maximum absolute atomic E-state index is 5.43. The van der Waals surface area contributed by atoms with Gasteiger partial charge in [0.05, 0.1) is 13.2 Å². The number of morpholine rings is 1. The van der Waals surface area contributed by atoms with Crippen LogP contribution in [0.3, 0.4) is 0 Å². The Hall–Kier alpha value is -1.75. The maximum atomic E-state index is 5.43. The van der Waals surface area contributed by atoms with Gasteiger partial charge in [-0.05, 0) is 42.4 Å². The molecule has 5 heteroatoms. The van der Waals surface area contributed by atoms with Gasteiger partial charge in [0.25, 0.3) is 0 Å². The van der Waals surface area contributed by atoms with Crippen LogP contribution < -0.4 is 10.2 Å². The third-order valence-electron chi connectivity index (χ3n) is 6.13. The van der Waals surface area contributed by atoms with E-state index in [9.17, 15) is 0 Å². The highest BCUT2D eigenvalue weighted by atomic mass is 16.5. The van der Waals surface area contributed by atoms with Gasteiger partial charge >= 0.3 is 0 Å². The summed E-state index contributed by atoms with van der Waals surface area (Å²) in [6.45, 7) is 6.80. The van der Waals surface area contributed by atoms with Gasteiger partial charge in [0, 0.05) is 45.5 Å². The van der Waals surface area contributed by atoms with Crippen molar-refractivity contribution in [2.24, 2.45) is 10.4 Å². The second-order valence-corrected chi connectivity index (χ2v) is 7.69. The van der Waals surface area contributed by atoms with Crippen LogP contribution in [0.15, 0.2) is 29.3 Å². The fourth-order valence-corrected chi connectivity index (χ4v) is 4.36. The van der Waals surface area contributed by atoms with E-state index in [1.165, 1.54) is 43.5 Å². The topological polar surface area (TPSA) is 40.1 Å². The molecule has 0 amide bonds. The maximum Gasteiger partial charge on any atom is 0.193 e. The van der Waals surface area contributed by atoms with E-state index in [1.54, 1.807) is 0 Å². The number of benzene rings is 1. The van der Waals surface area contributed by atoms with Crippen LogP contribution in [-0.4, -0.2) is 57.3 Å². The van der Waals surface area contributed by atoms with Crippen LogP contribution in [0.2, 0.25) is 0 Å². The first kappa shape index (κ1) is 16.7. The van der Waals surface area contributed by atoms with Crippen molar-refractivity contribution in [1.29, 1.82) is 0 Å². The number of guanidine groups is 1. The van der Waals surface area contributed by atoms with Gasteiger partial charge in [-0.1, -0.05) is 18.6 Å². The molecule has 0 aromatic heterocycles. The molecule has 2 aliphatic heterocycles. The highest BCUT2D eigenvalue weighted by molar-refractivity contribution is 5.80. The van der Waals surface area contributed by atoms with Gasteiger partial charge < -0.3 is 19.9 Å². The van der Waals surface area contributed by atoms with E-state index in [-0.39, 0.29) is 0 Å². The second-order valence-electron chi connectivity index (χ2n) is 7.69. The summed E-state index contributed by atoms with van der Waals surface area (Å²) in [5.74, 6) is 1.06. The van der Waals surface area contributed by atoms with Crippen molar-refractivity contribution >= 4 is 11.6 Å². The van der Waals surface area contributed by atoms with Crippen molar-refractivity contribution in [2.45, 2.75) is 32.2 Å². The Balaban J connectivity index is 1.31. The molecule has 0 unspecified atom stereocenters. The minimum Gasteiger partial charge on any atom is -0.378 e. The van der Waals surface area contributed by atoms with Crippen molar-refractivity contribution in [2.75, 3.05) is 51.3 Å². The summed E-state index contributed by atoms with van der Waals surface area (Å²) < 4.78 is 5.43. The summed E-state index contributed by atoms with van der Waals surface area (Å²) in [6, 6.07) is 8.90. The molecule has 1 saturated carbocycles. The number of ether oxygens (including phenoxy) is 1. The summed E-state index contributed by atoms with van der Waals surface area (Å²) in [4.78, 5) is 9.35. The number of likely N-dealkylation sites (tertiary alicyclic amines) is 1. The molecule has 25 heavy (non-hydrogen) atoms. The monoisotopic (exact) mass is 342 g/mol. The molecular weight excluding hydrogens is 312 g/mol. The zero-order chi connectivity index (χ0) is 17.1. The number of nitrogens with one attached hydrogen (secondary N) is 1. The minimum absolute atomic E-state index is 0.609. The lowest BCUT2D eigenvalue weighted by atomic mass is 9.68. The molecule has 0 bridgehead atoms. The van der Waals surface area contributed by atoms with Gasteiger partial charge in [0.1, 0.15) is 0 Å². The van der Waals surface area contributed by atoms with Crippen LogP contribution in [0.4, 0.5) is 5.69 Å². The minimum atomic E-state index is 0.609. The number of hydrogen-bond donors (Lipinski definition) is 1. The third-order valence-corrected chi connectivity index (χ3v) is 6.13. The molecule has 5 nitrogen and oxygen atoms in total. The predicted octanol–water partition coefficient (Wildman–Crippen LogP) is 2.47. The van der Waals surface area contributed by atoms with E-state index in [0.717, 1.165) is 45.4 Å². The highest BCUT2D eigenvalue weighted by Crippen LogP contribution is 2.47. The largest absolute Gasteiger partial charge is 0.378 e. The molecule has 2 heterocycles. The second kappa shape index (κ2) is 7.24. The van der Waals surface area contributed by atoms with E-state index in [2.05, 4.69) is 44.4 Å². The summed E-state index contributed by atoms with van der Waals surface area (Å²) >= 11 is 0. The van der Waals surface area contributed by atoms with Crippen LogP contribution in [0.25, 0.3) is 0 Å². The molecule has 0 radical (unpaired) electrons. The van der Waals surface area contributed by atoms with Crippen molar-refractivity contribution in [3.63, 3.8) is 0 Å². The molecule has 4 rings (SSSR count). The zero-order valence-corrected chi connectivity index (χ0v) is 15.3. The van der Waals surface area contributed by atoms with Gasteiger partial charge in [-0.15, -0.1) is 0 Å². The summed E-state index contributed by atoms with van der Waals surface area (Å²) in [5, 5.41) is 3.55. The molecule has 3 fully saturated rings. The van der Waals surface area contributed by atoms with Crippen LogP contribution in [0.5, 0.6) is 0 Å². The van der Waals surface area contributed by atoms with E-state index in [4.69, 9.17) is 4.74 Å². The Kier molecular flexibility index (Phi) is 4.84. The normalized spacial score (nSPS) is 23.0. The fourth-order valence-electron chi connectivity index (χ4n) is 4.36. The van der Waals surface area contributed by atoms with Gasteiger partial charge in [0.2, 0.25) is 0 Å². The Bertz CT molecular complexity index is 603. The van der Waals surface area contributed by atoms with E-state index in [1.807, 2.05) is 7.05 Å². The number of aliphatic imine (C=N–C) groups is 1. The Morgan fingerprint density at radius 1 is 1.12 bits per heavy atom. The predicted molar refractivity (Wildman–Crippen MR) is 102 cm³/mol. The molecule has 2 saturated heterocycles. The molecule has 1 aromatic carbocycles. The average molecular weight is 342 g/mol. The van der Waals surface area contributed by atoms with Crippen LogP contribution in [-0.2, 0) is 11.3 Å². The zero-order valence-electron chi connectivity index (χ0n) is 15.3. The van der Waals surface area contributed by atoms with Gasteiger partial charge in [-0.2, -0.15) is 0 Å². The fraction of sp³-hybridized carbons (Fsp3) is 0.650. The summed E-state index contributed by atoms with van der Waals surface area (Å²) in [7, 11) is 1.90. The lowest BCUT2D eigenvalue weighted by molar-refractivity contribution is 0.122. The molecule has 1 N–H and O–H groups in total. The van der Waals surface area contributed by atoms with Crippen LogP contribution in [0.1, 0.15) is 31.2 Å². The van der Waals surface area contributed by atoms with Gasteiger partial charge in [0.15, 0.2) is 5.96 Å². The standard InChI is InChI=1S/C20H30N4O/c1-21-19(24-10-9-20(16-24)7-2-8-20)22-15-17-3-5-18(6-4-17)23-11-13-25-14-12-23/h3-6H,2,7-16H2,1H3,(H,21,22). The Labute approximate surface area is 151 Å². The van der Waals surface area contributed by atoms with E-state index >= 15 is 0 Å². The SMILES string of the molecule is CN=C(NCc1ccc(N2CCOCC2)cc1)N1CCC2(CCC2)C1. The average Bonchev–Trinajstić information content (AvgIpc) is 3.10. The number of anilines is 1. The lowest BCUT2D eigenvalue weighted by Crippen LogP contribution is -2.42. The van der Waals surface area contributed by atoms with Crippen molar-refractivity contribution in [1.82, 2.24) is 10.2 Å². The molecule has 1 aliphatic carbocycles. The molecule has 1 spiro atoms. The molecule has 1 aromatic rings. The summed E-state index contributed by atoms with van der Waals surface area (Å²) in [6.07, 6.45) is 5.56. The number of rotatable bonds is 3. The Morgan fingerprint density at radius 2 is 1.88 bits per heavy atom. The first-order valence-corrected chi connectivity index (χ1v) is 9.65. The highest BCUT2D eigenvalue weighted by Gasteiger charge is 2.43. The third kappa shape index (κ3) is 3.61. The van der Waals surface area contributed by atoms with E-state index in [0.29, 0.717) is 5.41 Å². The number of nitrogens with zero attached hydrogens (tertiary/aromatic N) is 3. The lowest BCUT2D eigenvalue weighted by Gasteiger charge is -2.38. The first-order valence-electron chi connectivity index (χ1n) is 9.65. The molecule has 0 atom stereocenters. The smallest absolute Gasteiger partial charge is 0.193 e. The van der Waals surface area contributed by atoms with Crippen LogP contribution in [0, 0.1) is 5.41 Å². The van der Waals surface area contributed by atoms with E-state index < -0.39 is 0 Å². The van der Waals surface area contributed by atoms with Gasteiger partial charge in [-0.25, -0.2) is 0 Å². The van der Waals surface area contributed by atoms with Gasteiger partial charge in [-0.3, -0.25) is 4.99 Å². The van der Waals surface area contributed by atoms with Crippen molar-refractivity contribution < 1.29 is 4.74 Å². The quantitative estimate of drug-likeness (QED) is 0.677.